The molecule has 0 saturated heterocycles. The summed E-state index contributed by atoms with van der Waals surface area (Å²) in [6, 6.07) is -1.35. The predicted molar refractivity (Wildman–Crippen MR) is 71.6 cm³/mol. The van der Waals surface area contributed by atoms with Crippen LogP contribution in [0.1, 0.15) is 25.5 Å². The highest BCUT2D eigenvalue weighted by Gasteiger charge is 2.26. The molecule has 1 unspecified atom stereocenters. The van der Waals surface area contributed by atoms with Crippen LogP contribution in [0, 0.1) is 0 Å². The minimum absolute atomic E-state index is 0.00633. The van der Waals surface area contributed by atoms with Crippen LogP contribution in [0.5, 0.6) is 0 Å². The molecule has 8 nitrogen and oxygen atoms in total. The van der Waals surface area contributed by atoms with Crippen molar-refractivity contribution in [2.75, 3.05) is 12.4 Å². The topological polar surface area (TPSA) is 111 Å². The molecule has 2 N–H and O–H groups in total. The maximum absolute atomic E-state index is 11.8. The summed E-state index contributed by atoms with van der Waals surface area (Å²) in [7, 11) is -2.13. The Kier molecular flexibility index (Phi) is 5.66. The molecule has 0 saturated carbocycles. The summed E-state index contributed by atoms with van der Waals surface area (Å²) >= 11 is 0. The fraction of sp³-hybridized carbons (Fsp3) is 0.636. The second-order valence-corrected chi connectivity index (χ2v) is 6.45. The molecule has 0 aliphatic heterocycles. The number of carboxylic acids is 1. The molecule has 0 bridgehead atoms. The molecule has 0 aromatic carbocycles. The predicted octanol–water partition coefficient (Wildman–Crippen LogP) is -0.110. The number of carbonyl (C=O) groups is 1. The molecule has 20 heavy (non-hydrogen) atoms. The van der Waals surface area contributed by atoms with Gasteiger partial charge < -0.3 is 9.84 Å². The van der Waals surface area contributed by atoms with Gasteiger partial charge in [0.25, 0.3) is 0 Å². The summed E-state index contributed by atoms with van der Waals surface area (Å²) in [6.45, 7) is 3.58. The number of sulfonamides is 1. The van der Waals surface area contributed by atoms with E-state index < -0.39 is 22.0 Å². The van der Waals surface area contributed by atoms with Crippen LogP contribution in [0.4, 0.5) is 0 Å². The first-order valence-electron chi connectivity index (χ1n) is 6.04. The van der Waals surface area contributed by atoms with Crippen LogP contribution in [-0.4, -0.2) is 47.7 Å². The Bertz CT molecular complexity index is 552. The monoisotopic (exact) mass is 305 g/mol. The molecule has 114 valence electrons. The lowest BCUT2D eigenvalue weighted by molar-refractivity contribution is -0.139. The van der Waals surface area contributed by atoms with Gasteiger partial charge in [-0.05, 0) is 13.8 Å². The van der Waals surface area contributed by atoms with Gasteiger partial charge in [0, 0.05) is 18.8 Å². The summed E-state index contributed by atoms with van der Waals surface area (Å²) in [5.41, 5.74) is 0.272. The lowest BCUT2D eigenvalue weighted by Gasteiger charge is -2.14. The average molecular weight is 305 g/mol. The van der Waals surface area contributed by atoms with Gasteiger partial charge in [-0.2, -0.15) is 9.82 Å². The summed E-state index contributed by atoms with van der Waals surface area (Å²) < 4.78 is 32.3. The van der Waals surface area contributed by atoms with Gasteiger partial charge in [-0.1, -0.05) is 0 Å². The lowest BCUT2D eigenvalue weighted by Crippen LogP contribution is -2.36. The number of aryl methyl sites for hydroxylation is 1. The third-order valence-corrected chi connectivity index (χ3v) is 3.70. The van der Waals surface area contributed by atoms with Crippen molar-refractivity contribution in [1.82, 2.24) is 14.5 Å². The number of hydrogen-bond donors (Lipinski definition) is 2. The molecule has 0 aliphatic rings. The SMILES string of the molecule is CC(C)OCCS(=O)(=O)NC(C(=O)O)c1cnn(C)c1. The minimum Gasteiger partial charge on any atom is -0.480 e. The fourth-order valence-corrected chi connectivity index (χ4v) is 2.51. The van der Waals surface area contributed by atoms with E-state index in [0.717, 1.165) is 0 Å². The zero-order chi connectivity index (χ0) is 15.3. The van der Waals surface area contributed by atoms with E-state index in [0.29, 0.717) is 0 Å². The Hall–Kier alpha value is -1.45. The average Bonchev–Trinajstić information content (AvgIpc) is 2.71. The molecule has 1 rings (SSSR count). The molecule has 0 aliphatic carbocycles. The molecule has 1 aromatic heterocycles. The molecular weight excluding hydrogens is 286 g/mol. The number of nitrogens with one attached hydrogen (secondary N) is 1. The van der Waals surface area contributed by atoms with Crippen molar-refractivity contribution in [3.8, 4) is 0 Å². The normalized spacial score (nSPS) is 13.6. The zero-order valence-corrected chi connectivity index (χ0v) is 12.4. The molecule has 0 amide bonds. The van der Waals surface area contributed by atoms with E-state index in [4.69, 9.17) is 9.84 Å². The largest absolute Gasteiger partial charge is 0.480 e. The molecule has 1 atom stereocenters. The van der Waals surface area contributed by atoms with E-state index in [2.05, 4.69) is 9.82 Å². The van der Waals surface area contributed by atoms with Crippen molar-refractivity contribution >= 4 is 16.0 Å². The molecule has 9 heteroatoms. The van der Waals surface area contributed by atoms with Crippen LogP contribution in [0.25, 0.3) is 0 Å². The van der Waals surface area contributed by atoms with Crippen molar-refractivity contribution < 1.29 is 23.1 Å². The van der Waals surface area contributed by atoms with E-state index >= 15 is 0 Å². The van der Waals surface area contributed by atoms with Crippen LogP contribution in [-0.2, 0) is 26.6 Å². The van der Waals surface area contributed by atoms with E-state index in [1.165, 1.54) is 17.1 Å². The highest BCUT2D eigenvalue weighted by molar-refractivity contribution is 7.89. The summed E-state index contributed by atoms with van der Waals surface area (Å²) in [4.78, 5) is 11.2. The summed E-state index contributed by atoms with van der Waals surface area (Å²) in [5, 5.41) is 12.9. The van der Waals surface area contributed by atoms with Crippen molar-refractivity contribution in [3.05, 3.63) is 18.0 Å². The van der Waals surface area contributed by atoms with Crippen molar-refractivity contribution in [2.24, 2.45) is 7.05 Å². The van der Waals surface area contributed by atoms with E-state index in [1.807, 2.05) is 0 Å². The van der Waals surface area contributed by atoms with Crippen LogP contribution < -0.4 is 4.72 Å². The quantitative estimate of drug-likeness (QED) is 0.693. The van der Waals surface area contributed by atoms with Gasteiger partial charge in [0.1, 0.15) is 6.04 Å². The van der Waals surface area contributed by atoms with Gasteiger partial charge in [0.15, 0.2) is 0 Å². The number of nitrogens with zero attached hydrogens (tertiary/aromatic N) is 2. The lowest BCUT2D eigenvalue weighted by atomic mass is 10.2. The van der Waals surface area contributed by atoms with Crippen LogP contribution in [0.15, 0.2) is 12.4 Å². The minimum atomic E-state index is -3.75. The van der Waals surface area contributed by atoms with Gasteiger partial charge in [-0.15, -0.1) is 0 Å². The van der Waals surface area contributed by atoms with Gasteiger partial charge >= 0.3 is 5.97 Å². The molecule has 1 aromatic rings. The van der Waals surface area contributed by atoms with Gasteiger partial charge in [-0.3, -0.25) is 9.48 Å². The van der Waals surface area contributed by atoms with E-state index in [9.17, 15) is 13.2 Å². The fourth-order valence-electron chi connectivity index (χ4n) is 1.48. The van der Waals surface area contributed by atoms with Gasteiger partial charge in [-0.25, -0.2) is 8.42 Å². The Labute approximate surface area is 117 Å². The van der Waals surface area contributed by atoms with Crippen LogP contribution in [0.2, 0.25) is 0 Å². The second-order valence-electron chi connectivity index (χ2n) is 4.57. The molecule has 0 radical (unpaired) electrons. The van der Waals surface area contributed by atoms with Gasteiger partial charge in [0.2, 0.25) is 10.0 Å². The first-order chi connectivity index (χ1) is 9.21. The van der Waals surface area contributed by atoms with E-state index in [1.54, 1.807) is 20.9 Å². The zero-order valence-electron chi connectivity index (χ0n) is 11.6. The van der Waals surface area contributed by atoms with Crippen LogP contribution in [0.3, 0.4) is 0 Å². The smallest absolute Gasteiger partial charge is 0.326 e. The van der Waals surface area contributed by atoms with Crippen molar-refractivity contribution in [2.45, 2.75) is 26.0 Å². The maximum atomic E-state index is 11.8. The first-order valence-corrected chi connectivity index (χ1v) is 7.69. The second kappa shape index (κ2) is 6.82. The summed E-state index contributed by atoms with van der Waals surface area (Å²) in [5.74, 6) is -1.58. The Morgan fingerprint density at radius 3 is 2.65 bits per heavy atom. The Morgan fingerprint density at radius 2 is 2.20 bits per heavy atom. The Balaban J connectivity index is 2.73. The number of carboxylic acid groups (broad SMARTS) is 1. The Morgan fingerprint density at radius 1 is 1.55 bits per heavy atom. The number of rotatable bonds is 8. The van der Waals surface area contributed by atoms with Crippen LogP contribution >= 0.6 is 0 Å². The first kappa shape index (κ1) is 16.6. The van der Waals surface area contributed by atoms with E-state index in [-0.39, 0.29) is 24.0 Å². The molecule has 0 spiro atoms. The molecular formula is C11H19N3O5S. The summed E-state index contributed by atoms with van der Waals surface area (Å²) in [6.07, 6.45) is 2.68. The number of hydrogen-bond acceptors (Lipinski definition) is 5. The molecule has 0 fully saturated rings. The standard InChI is InChI=1S/C11H19N3O5S/c1-8(2)19-4-5-20(17,18)13-10(11(15)16)9-6-12-14(3)7-9/h6-8,10,13H,4-5H2,1-3H3,(H,15,16). The highest BCUT2D eigenvalue weighted by Crippen LogP contribution is 2.13. The maximum Gasteiger partial charge on any atom is 0.326 e. The number of ether oxygens (including phenoxy) is 1. The molecule has 1 heterocycles. The van der Waals surface area contributed by atoms with Crippen molar-refractivity contribution in [3.63, 3.8) is 0 Å². The van der Waals surface area contributed by atoms with Gasteiger partial charge in [0.05, 0.1) is 24.7 Å². The third-order valence-electron chi connectivity index (χ3n) is 2.41. The highest BCUT2D eigenvalue weighted by atomic mass is 32.2. The third kappa shape index (κ3) is 5.27. The number of aliphatic carboxylic acids is 1. The number of aromatic nitrogens is 2. The van der Waals surface area contributed by atoms with Crippen molar-refractivity contribution in [1.29, 1.82) is 0 Å².